The maximum absolute atomic E-state index is 5.61. The molecule has 2 aliphatic rings. The van der Waals surface area contributed by atoms with E-state index in [4.69, 9.17) is 4.74 Å². The Labute approximate surface area is 61.9 Å². The van der Waals surface area contributed by atoms with Gasteiger partial charge in [-0.15, -0.1) is 0 Å². The van der Waals surface area contributed by atoms with Crippen molar-refractivity contribution >= 4 is 0 Å². The zero-order chi connectivity index (χ0) is 6.97. The Bertz CT molecular complexity index is 126. The van der Waals surface area contributed by atoms with Gasteiger partial charge in [-0.25, -0.2) is 0 Å². The first-order chi connectivity index (χ1) is 4.88. The van der Waals surface area contributed by atoms with E-state index in [0.29, 0.717) is 12.1 Å². The van der Waals surface area contributed by atoms with Crippen LogP contribution in [0.5, 0.6) is 0 Å². The van der Waals surface area contributed by atoms with Gasteiger partial charge in [-0.3, -0.25) is 0 Å². The summed E-state index contributed by atoms with van der Waals surface area (Å²) in [6, 6.07) is 0.670. The molecule has 2 nitrogen and oxygen atoms in total. The van der Waals surface area contributed by atoms with Crippen molar-refractivity contribution in [3.63, 3.8) is 0 Å². The molecule has 2 fully saturated rings. The lowest BCUT2D eigenvalue weighted by Gasteiger charge is -2.30. The second-order valence-electron chi connectivity index (χ2n) is 3.45. The van der Waals surface area contributed by atoms with E-state index in [9.17, 15) is 0 Å². The molecule has 3 atom stereocenters. The molecule has 0 aromatic carbocycles. The van der Waals surface area contributed by atoms with Gasteiger partial charge in [0.2, 0.25) is 0 Å². The molecule has 0 spiro atoms. The van der Waals surface area contributed by atoms with E-state index < -0.39 is 0 Å². The van der Waals surface area contributed by atoms with Crippen LogP contribution in [0.25, 0.3) is 0 Å². The van der Waals surface area contributed by atoms with E-state index in [-0.39, 0.29) is 0 Å². The van der Waals surface area contributed by atoms with Crippen LogP contribution in [0, 0.1) is 5.92 Å². The second kappa shape index (κ2) is 2.51. The van der Waals surface area contributed by atoms with Crippen molar-refractivity contribution < 1.29 is 4.74 Å². The van der Waals surface area contributed by atoms with Gasteiger partial charge in [0.15, 0.2) is 0 Å². The fraction of sp³-hybridized carbons (Fsp3) is 1.00. The van der Waals surface area contributed by atoms with Crippen molar-refractivity contribution in [3.8, 4) is 0 Å². The summed E-state index contributed by atoms with van der Waals surface area (Å²) in [7, 11) is 0. The molecule has 0 saturated carbocycles. The van der Waals surface area contributed by atoms with Crippen LogP contribution >= 0.6 is 0 Å². The molecule has 1 N–H and O–H groups in total. The van der Waals surface area contributed by atoms with Gasteiger partial charge in [-0.05, 0) is 25.3 Å². The van der Waals surface area contributed by atoms with Crippen LogP contribution in [0.15, 0.2) is 0 Å². The largest absolute Gasteiger partial charge is 0.376 e. The number of ether oxygens (including phenoxy) is 1. The lowest BCUT2D eigenvalue weighted by Crippen LogP contribution is -2.46. The zero-order valence-corrected chi connectivity index (χ0v) is 6.47. The highest BCUT2D eigenvalue weighted by Crippen LogP contribution is 2.26. The zero-order valence-electron chi connectivity index (χ0n) is 6.47. The average molecular weight is 141 g/mol. The van der Waals surface area contributed by atoms with Gasteiger partial charge in [-0.1, -0.05) is 6.92 Å². The monoisotopic (exact) mass is 141 g/mol. The third kappa shape index (κ3) is 0.956. The van der Waals surface area contributed by atoms with Crippen molar-refractivity contribution in [2.75, 3.05) is 13.2 Å². The number of hydrogen-bond acceptors (Lipinski definition) is 2. The van der Waals surface area contributed by atoms with Crippen LogP contribution in [0.3, 0.4) is 0 Å². The summed E-state index contributed by atoms with van der Waals surface area (Å²) in [4.78, 5) is 0. The SMILES string of the molecule is CC1CCNC2CCOC12. The number of rotatable bonds is 0. The lowest BCUT2D eigenvalue weighted by molar-refractivity contribution is 0.0399. The molecule has 2 aliphatic heterocycles. The van der Waals surface area contributed by atoms with Crippen molar-refractivity contribution in [2.45, 2.75) is 31.9 Å². The van der Waals surface area contributed by atoms with Gasteiger partial charge in [0.25, 0.3) is 0 Å². The topological polar surface area (TPSA) is 21.3 Å². The Morgan fingerprint density at radius 2 is 2.30 bits per heavy atom. The Hall–Kier alpha value is -0.0800. The molecule has 0 aromatic rings. The van der Waals surface area contributed by atoms with E-state index in [1.54, 1.807) is 0 Å². The van der Waals surface area contributed by atoms with Gasteiger partial charge >= 0.3 is 0 Å². The van der Waals surface area contributed by atoms with E-state index in [1.165, 1.54) is 19.4 Å². The Kier molecular flexibility index (Phi) is 1.66. The predicted octanol–water partition coefficient (Wildman–Crippen LogP) is 0.773. The summed E-state index contributed by atoms with van der Waals surface area (Å²) < 4.78 is 5.61. The van der Waals surface area contributed by atoms with Crippen LogP contribution in [-0.2, 0) is 4.74 Å². The molecule has 0 aliphatic carbocycles. The first-order valence-electron chi connectivity index (χ1n) is 4.23. The molecule has 2 heteroatoms. The Morgan fingerprint density at radius 3 is 3.10 bits per heavy atom. The van der Waals surface area contributed by atoms with Crippen molar-refractivity contribution in [3.05, 3.63) is 0 Å². The molecule has 2 saturated heterocycles. The summed E-state index contributed by atoms with van der Waals surface area (Å²) in [5, 5.41) is 3.49. The third-order valence-corrected chi connectivity index (χ3v) is 2.70. The van der Waals surface area contributed by atoms with E-state index in [0.717, 1.165) is 12.5 Å². The van der Waals surface area contributed by atoms with Gasteiger partial charge < -0.3 is 10.1 Å². The molecule has 0 bridgehead atoms. The van der Waals surface area contributed by atoms with Gasteiger partial charge in [-0.2, -0.15) is 0 Å². The fourth-order valence-electron chi connectivity index (χ4n) is 2.05. The molecule has 58 valence electrons. The van der Waals surface area contributed by atoms with Gasteiger partial charge in [0.05, 0.1) is 6.10 Å². The Balaban J connectivity index is 2.03. The molecule has 10 heavy (non-hydrogen) atoms. The molecule has 3 unspecified atom stereocenters. The highest BCUT2D eigenvalue weighted by Gasteiger charge is 2.34. The maximum Gasteiger partial charge on any atom is 0.0754 e. The molecule has 2 rings (SSSR count). The minimum atomic E-state index is 0.522. The van der Waals surface area contributed by atoms with Crippen LogP contribution in [0.4, 0.5) is 0 Å². The third-order valence-electron chi connectivity index (χ3n) is 2.70. The minimum Gasteiger partial charge on any atom is -0.376 e. The summed E-state index contributed by atoms with van der Waals surface area (Å²) in [5.41, 5.74) is 0. The Morgan fingerprint density at radius 1 is 1.40 bits per heavy atom. The van der Waals surface area contributed by atoms with E-state index in [1.807, 2.05) is 0 Å². The molecular formula is C8H15NO. The van der Waals surface area contributed by atoms with Gasteiger partial charge in [0.1, 0.15) is 0 Å². The lowest BCUT2D eigenvalue weighted by atomic mass is 9.91. The summed E-state index contributed by atoms with van der Waals surface area (Å²) >= 11 is 0. The van der Waals surface area contributed by atoms with E-state index >= 15 is 0 Å². The second-order valence-corrected chi connectivity index (χ2v) is 3.45. The molecular weight excluding hydrogens is 126 g/mol. The fourth-order valence-corrected chi connectivity index (χ4v) is 2.05. The minimum absolute atomic E-state index is 0.522. The van der Waals surface area contributed by atoms with Crippen molar-refractivity contribution in [1.29, 1.82) is 0 Å². The normalized spacial score (nSPS) is 47.1. The van der Waals surface area contributed by atoms with E-state index in [2.05, 4.69) is 12.2 Å². The molecule has 2 heterocycles. The smallest absolute Gasteiger partial charge is 0.0754 e. The van der Waals surface area contributed by atoms with Crippen molar-refractivity contribution in [1.82, 2.24) is 5.32 Å². The molecule has 0 amide bonds. The van der Waals surface area contributed by atoms with Crippen LogP contribution in [0.1, 0.15) is 19.8 Å². The summed E-state index contributed by atoms with van der Waals surface area (Å²) in [5.74, 6) is 0.772. The molecule has 0 aromatic heterocycles. The maximum atomic E-state index is 5.61. The average Bonchev–Trinajstić information content (AvgIpc) is 2.36. The van der Waals surface area contributed by atoms with Crippen LogP contribution in [0.2, 0.25) is 0 Å². The number of piperidine rings is 1. The van der Waals surface area contributed by atoms with Crippen molar-refractivity contribution in [2.24, 2.45) is 5.92 Å². The van der Waals surface area contributed by atoms with Crippen LogP contribution < -0.4 is 5.32 Å². The summed E-state index contributed by atoms with van der Waals surface area (Å²) in [6.45, 7) is 4.45. The predicted molar refractivity (Wildman–Crippen MR) is 39.9 cm³/mol. The standard InChI is InChI=1S/C8H15NO/c1-6-2-4-9-7-3-5-10-8(6)7/h6-9H,2-5H2,1H3. The van der Waals surface area contributed by atoms with Crippen LogP contribution in [-0.4, -0.2) is 25.3 Å². The quantitative estimate of drug-likeness (QED) is 0.538. The first-order valence-corrected chi connectivity index (χ1v) is 4.23. The number of hydrogen-bond donors (Lipinski definition) is 1. The number of nitrogens with one attached hydrogen (secondary N) is 1. The number of fused-ring (bicyclic) bond motifs is 1. The molecule has 0 radical (unpaired) electrons. The van der Waals surface area contributed by atoms with Gasteiger partial charge in [0, 0.05) is 12.6 Å². The highest BCUT2D eigenvalue weighted by molar-refractivity contribution is 4.89. The summed E-state index contributed by atoms with van der Waals surface area (Å²) in [6.07, 6.45) is 3.02. The highest BCUT2D eigenvalue weighted by atomic mass is 16.5. The first kappa shape index (κ1) is 6.62.